The number of hydrogen-bond donors (Lipinski definition) is 1. The fraction of sp³-hybridized carbons (Fsp3) is 0.0769. The highest BCUT2D eigenvalue weighted by molar-refractivity contribution is 7.92. The van der Waals surface area contributed by atoms with Gasteiger partial charge in [0.15, 0.2) is 5.82 Å². The van der Waals surface area contributed by atoms with Gasteiger partial charge in [-0.25, -0.2) is 12.8 Å². The molecule has 19 heavy (non-hydrogen) atoms. The summed E-state index contributed by atoms with van der Waals surface area (Å²) in [5.41, 5.74) is 0.628. The summed E-state index contributed by atoms with van der Waals surface area (Å²) in [5.74, 6) is -0.791. The van der Waals surface area contributed by atoms with Crippen LogP contribution in [0.15, 0.2) is 47.4 Å². The minimum absolute atomic E-state index is 0.0758. The third-order valence-corrected chi connectivity index (χ3v) is 4.15. The molecule has 0 aromatic heterocycles. The van der Waals surface area contributed by atoms with Crippen molar-refractivity contribution in [3.05, 3.63) is 58.9 Å². The standard InChI is InChI=1S/C13H11ClFNO2S/c1-9-4-2-5-10(8-9)19(17,18)16-12-7-3-6-11(14)13(12)15/h2-8,16H,1H3. The van der Waals surface area contributed by atoms with Gasteiger partial charge in [-0.15, -0.1) is 0 Å². The van der Waals surface area contributed by atoms with Crippen molar-refractivity contribution in [1.82, 2.24) is 0 Å². The molecule has 0 heterocycles. The lowest BCUT2D eigenvalue weighted by molar-refractivity contribution is 0.598. The van der Waals surface area contributed by atoms with Crippen molar-refractivity contribution in [3.8, 4) is 0 Å². The van der Waals surface area contributed by atoms with Gasteiger partial charge in [0.05, 0.1) is 15.6 Å². The van der Waals surface area contributed by atoms with Gasteiger partial charge in [0, 0.05) is 0 Å². The zero-order valence-electron chi connectivity index (χ0n) is 10.0. The number of sulfonamides is 1. The Morgan fingerprint density at radius 1 is 1.16 bits per heavy atom. The number of nitrogens with one attached hydrogen (secondary N) is 1. The molecule has 2 aromatic carbocycles. The maximum absolute atomic E-state index is 13.7. The number of rotatable bonds is 3. The zero-order chi connectivity index (χ0) is 14.0. The minimum Gasteiger partial charge on any atom is -0.277 e. The lowest BCUT2D eigenvalue weighted by Crippen LogP contribution is -2.14. The maximum Gasteiger partial charge on any atom is 0.261 e. The summed E-state index contributed by atoms with van der Waals surface area (Å²) in [4.78, 5) is 0.0758. The number of halogens is 2. The van der Waals surface area contributed by atoms with Crippen molar-refractivity contribution in [1.29, 1.82) is 0 Å². The van der Waals surface area contributed by atoms with Crippen LogP contribution in [-0.4, -0.2) is 8.42 Å². The van der Waals surface area contributed by atoms with E-state index < -0.39 is 15.8 Å². The smallest absolute Gasteiger partial charge is 0.261 e. The second kappa shape index (κ2) is 5.19. The van der Waals surface area contributed by atoms with E-state index in [1.54, 1.807) is 19.1 Å². The Balaban J connectivity index is 2.39. The highest BCUT2D eigenvalue weighted by Gasteiger charge is 2.17. The van der Waals surface area contributed by atoms with Gasteiger partial charge in [0.25, 0.3) is 10.0 Å². The first kappa shape index (κ1) is 13.8. The monoisotopic (exact) mass is 299 g/mol. The first-order valence-electron chi connectivity index (χ1n) is 5.43. The molecule has 0 atom stereocenters. The number of hydrogen-bond acceptors (Lipinski definition) is 2. The summed E-state index contributed by atoms with van der Waals surface area (Å²) < 4.78 is 40.0. The summed E-state index contributed by atoms with van der Waals surface area (Å²) in [5, 5.41) is -0.135. The molecule has 1 N–H and O–H groups in total. The van der Waals surface area contributed by atoms with Crippen molar-refractivity contribution >= 4 is 27.3 Å². The van der Waals surface area contributed by atoms with Gasteiger partial charge in [-0.3, -0.25) is 4.72 Å². The lowest BCUT2D eigenvalue weighted by atomic mass is 10.2. The zero-order valence-corrected chi connectivity index (χ0v) is 11.6. The molecule has 0 saturated carbocycles. The van der Waals surface area contributed by atoms with E-state index >= 15 is 0 Å². The molecule has 0 unspecified atom stereocenters. The van der Waals surface area contributed by atoms with Gasteiger partial charge in [-0.1, -0.05) is 29.8 Å². The van der Waals surface area contributed by atoms with E-state index in [9.17, 15) is 12.8 Å². The highest BCUT2D eigenvalue weighted by Crippen LogP contribution is 2.24. The summed E-state index contributed by atoms with van der Waals surface area (Å²) >= 11 is 5.60. The second-order valence-corrected chi connectivity index (χ2v) is 6.11. The van der Waals surface area contributed by atoms with Gasteiger partial charge in [0.1, 0.15) is 0 Å². The van der Waals surface area contributed by atoms with E-state index in [-0.39, 0.29) is 15.6 Å². The molecular weight excluding hydrogens is 289 g/mol. The van der Waals surface area contributed by atoms with Crippen LogP contribution >= 0.6 is 11.6 Å². The number of benzene rings is 2. The summed E-state index contributed by atoms with van der Waals surface area (Å²) in [6, 6.07) is 10.5. The summed E-state index contributed by atoms with van der Waals surface area (Å²) in [6.07, 6.45) is 0. The first-order chi connectivity index (χ1) is 8.90. The van der Waals surface area contributed by atoms with E-state index in [1.807, 2.05) is 0 Å². The average molecular weight is 300 g/mol. The summed E-state index contributed by atoms with van der Waals surface area (Å²) in [6.45, 7) is 1.78. The van der Waals surface area contributed by atoms with Crippen LogP contribution in [0.4, 0.5) is 10.1 Å². The first-order valence-corrected chi connectivity index (χ1v) is 7.30. The van der Waals surface area contributed by atoms with E-state index in [2.05, 4.69) is 4.72 Å². The molecule has 0 spiro atoms. The predicted molar refractivity (Wildman–Crippen MR) is 73.4 cm³/mol. The highest BCUT2D eigenvalue weighted by atomic mass is 35.5. The fourth-order valence-corrected chi connectivity index (χ4v) is 2.91. The molecule has 0 amide bonds. The Labute approximate surface area is 116 Å². The number of anilines is 1. The molecule has 0 aliphatic heterocycles. The Bertz CT molecular complexity index is 716. The average Bonchev–Trinajstić information content (AvgIpc) is 2.35. The SMILES string of the molecule is Cc1cccc(S(=O)(=O)Nc2cccc(Cl)c2F)c1. The molecule has 0 aliphatic rings. The number of aryl methyl sites for hydroxylation is 1. The lowest BCUT2D eigenvalue weighted by Gasteiger charge is -2.10. The topological polar surface area (TPSA) is 46.2 Å². The predicted octanol–water partition coefficient (Wildman–Crippen LogP) is 3.59. The van der Waals surface area contributed by atoms with Gasteiger partial charge < -0.3 is 0 Å². The van der Waals surface area contributed by atoms with Crippen LogP contribution in [0.1, 0.15) is 5.56 Å². The third kappa shape index (κ3) is 3.05. The molecule has 0 fully saturated rings. The van der Waals surface area contributed by atoms with Gasteiger partial charge in [-0.2, -0.15) is 0 Å². The molecule has 6 heteroatoms. The Kier molecular flexibility index (Phi) is 3.78. The molecule has 0 bridgehead atoms. The van der Waals surface area contributed by atoms with Crippen molar-refractivity contribution in [2.45, 2.75) is 11.8 Å². The molecule has 0 radical (unpaired) electrons. The van der Waals surface area contributed by atoms with Gasteiger partial charge in [-0.05, 0) is 36.8 Å². The van der Waals surface area contributed by atoms with Crippen LogP contribution in [0.3, 0.4) is 0 Å². The van der Waals surface area contributed by atoms with Crippen LogP contribution in [0, 0.1) is 12.7 Å². The Hall–Kier alpha value is -1.59. The van der Waals surface area contributed by atoms with Crippen molar-refractivity contribution < 1.29 is 12.8 Å². The fourth-order valence-electron chi connectivity index (χ4n) is 1.57. The molecule has 2 rings (SSSR count). The van der Waals surface area contributed by atoms with Crippen LogP contribution in [0.25, 0.3) is 0 Å². The quantitative estimate of drug-likeness (QED) is 0.941. The van der Waals surface area contributed by atoms with Gasteiger partial charge in [0.2, 0.25) is 0 Å². The van der Waals surface area contributed by atoms with Crippen LogP contribution < -0.4 is 4.72 Å². The van der Waals surface area contributed by atoms with Crippen molar-refractivity contribution in [2.24, 2.45) is 0 Å². The Morgan fingerprint density at radius 3 is 2.53 bits per heavy atom. The molecular formula is C13H11ClFNO2S. The van der Waals surface area contributed by atoms with Crippen LogP contribution in [-0.2, 0) is 10.0 Å². The van der Waals surface area contributed by atoms with Crippen LogP contribution in [0.2, 0.25) is 5.02 Å². The molecule has 0 aliphatic carbocycles. The van der Waals surface area contributed by atoms with Gasteiger partial charge >= 0.3 is 0 Å². The normalized spacial score (nSPS) is 11.3. The van der Waals surface area contributed by atoms with E-state index in [1.165, 1.54) is 30.3 Å². The minimum atomic E-state index is -3.82. The molecule has 2 aromatic rings. The third-order valence-electron chi connectivity index (χ3n) is 2.50. The Morgan fingerprint density at radius 2 is 1.84 bits per heavy atom. The van der Waals surface area contributed by atoms with Crippen molar-refractivity contribution in [3.63, 3.8) is 0 Å². The molecule has 3 nitrogen and oxygen atoms in total. The van der Waals surface area contributed by atoms with Crippen molar-refractivity contribution in [2.75, 3.05) is 4.72 Å². The maximum atomic E-state index is 13.7. The largest absolute Gasteiger partial charge is 0.277 e. The molecule has 100 valence electrons. The van der Waals surface area contributed by atoms with Crippen LogP contribution in [0.5, 0.6) is 0 Å². The van der Waals surface area contributed by atoms with E-state index in [4.69, 9.17) is 11.6 Å². The van der Waals surface area contributed by atoms with E-state index in [0.717, 1.165) is 5.56 Å². The second-order valence-electron chi connectivity index (χ2n) is 4.02. The molecule has 0 saturated heterocycles. The van der Waals surface area contributed by atoms with E-state index in [0.29, 0.717) is 0 Å². The summed E-state index contributed by atoms with van der Waals surface area (Å²) in [7, 11) is -3.82.